The van der Waals surface area contributed by atoms with Gasteiger partial charge in [0.25, 0.3) is 0 Å². The van der Waals surface area contributed by atoms with E-state index in [9.17, 15) is 0 Å². The Kier molecular flexibility index (Phi) is 8.11. The van der Waals surface area contributed by atoms with E-state index < -0.39 is 0 Å². The molecule has 0 bridgehead atoms. The molecule has 0 saturated carbocycles. The molecule has 0 heterocycles. The van der Waals surface area contributed by atoms with Gasteiger partial charge < -0.3 is 10.7 Å². The predicted molar refractivity (Wildman–Crippen MR) is 84.9 cm³/mol. The summed E-state index contributed by atoms with van der Waals surface area (Å²) in [5.74, 6) is 0. The molecule has 0 aromatic heterocycles. The minimum absolute atomic E-state index is 0.581. The fourth-order valence-electron chi connectivity index (χ4n) is 1.87. The standard InChI is InChI=1S/C15H22Cl2N2/c1-2-3-4-5-8-19-11-14(18)9-12-6-7-13(16)10-15(12)17/h6-7,10,18-19H,2-5,8-9,11H2,1H3. The van der Waals surface area contributed by atoms with Crippen molar-refractivity contribution in [2.45, 2.75) is 39.0 Å². The molecule has 0 aliphatic carbocycles. The summed E-state index contributed by atoms with van der Waals surface area (Å²) >= 11 is 11.9. The molecule has 0 radical (unpaired) electrons. The molecule has 106 valence electrons. The second kappa shape index (κ2) is 9.35. The molecular weight excluding hydrogens is 279 g/mol. The number of benzene rings is 1. The van der Waals surface area contributed by atoms with Crippen LogP contribution in [-0.2, 0) is 6.42 Å². The van der Waals surface area contributed by atoms with Gasteiger partial charge in [0.15, 0.2) is 0 Å². The lowest BCUT2D eigenvalue weighted by atomic mass is 10.1. The topological polar surface area (TPSA) is 35.9 Å². The molecule has 2 nitrogen and oxygen atoms in total. The molecule has 1 aromatic carbocycles. The molecule has 0 saturated heterocycles. The van der Waals surface area contributed by atoms with Gasteiger partial charge in [-0.3, -0.25) is 0 Å². The first kappa shape index (κ1) is 16.5. The van der Waals surface area contributed by atoms with Crippen LogP contribution in [0.1, 0.15) is 38.2 Å². The van der Waals surface area contributed by atoms with Gasteiger partial charge in [-0.15, -0.1) is 0 Å². The zero-order valence-electron chi connectivity index (χ0n) is 11.4. The second-order valence-corrected chi connectivity index (χ2v) is 5.60. The van der Waals surface area contributed by atoms with Crippen molar-refractivity contribution in [3.63, 3.8) is 0 Å². The Labute approximate surface area is 126 Å². The maximum absolute atomic E-state index is 7.94. The van der Waals surface area contributed by atoms with Crippen molar-refractivity contribution in [3.05, 3.63) is 33.8 Å². The third-order valence-corrected chi connectivity index (χ3v) is 3.55. The van der Waals surface area contributed by atoms with Crippen molar-refractivity contribution in [2.24, 2.45) is 0 Å². The van der Waals surface area contributed by atoms with E-state index in [1.54, 1.807) is 6.07 Å². The second-order valence-electron chi connectivity index (χ2n) is 4.75. The number of halogens is 2. The van der Waals surface area contributed by atoms with E-state index in [4.69, 9.17) is 28.6 Å². The van der Waals surface area contributed by atoms with Crippen LogP contribution < -0.4 is 5.32 Å². The van der Waals surface area contributed by atoms with Crippen molar-refractivity contribution >= 4 is 28.9 Å². The molecule has 0 aliphatic rings. The van der Waals surface area contributed by atoms with E-state index >= 15 is 0 Å². The van der Waals surface area contributed by atoms with Gasteiger partial charge in [-0.05, 0) is 30.7 Å². The van der Waals surface area contributed by atoms with Crippen LogP contribution in [0.3, 0.4) is 0 Å². The third-order valence-electron chi connectivity index (χ3n) is 2.96. The molecule has 1 aromatic rings. The number of rotatable bonds is 9. The number of nitrogens with one attached hydrogen (secondary N) is 2. The van der Waals surface area contributed by atoms with Crippen molar-refractivity contribution in [1.82, 2.24) is 5.32 Å². The van der Waals surface area contributed by atoms with Gasteiger partial charge in [0, 0.05) is 28.7 Å². The minimum atomic E-state index is 0.581. The van der Waals surface area contributed by atoms with E-state index in [1.165, 1.54) is 25.7 Å². The quantitative estimate of drug-likeness (QED) is 0.502. The summed E-state index contributed by atoms with van der Waals surface area (Å²) in [4.78, 5) is 0. The highest BCUT2D eigenvalue weighted by Crippen LogP contribution is 2.21. The number of unbranched alkanes of at least 4 members (excludes halogenated alkanes) is 3. The molecular formula is C15H22Cl2N2. The number of hydrogen-bond donors (Lipinski definition) is 2. The smallest absolute Gasteiger partial charge is 0.0456 e. The normalized spacial score (nSPS) is 10.7. The van der Waals surface area contributed by atoms with Crippen molar-refractivity contribution in [3.8, 4) is 0 Å². The van der Waals surface area contributed by atoms with Gasteiger partial charge >= 0.3 is 0 Å². The van der Waals surface area contributed by atoms with E-state index in [1.807, 2.05) is 12.1 Å². The highest BCUT2D eigenvalue weighted by molar-refractivity contribution is 6.35. The van der Waals surface area contributed by atoms with Crippen LogP contribution in [0.2, 0.25) is 10.0 Å². The summed E-state index contributed by atoms with van der Waals surface area (Å²) in [5.41, 5.74) is 1.61. The van der Waals surface area contributed by atoms with Crippen LogP contribution in [0, 0.1) is 5.41 Å². The summed E-state index contributed by atoms with van der Waals surface area (Å²) in [6.45, 7) is 3.82. The van der Waals surface area contributed by atoms with Crippen molar-refractivity contribution in [2.75, 3.05) is 13.1 Å². The zero-order valence-corrected chi connectivity index (χ0v) is 12.9. The van der Waals surface area contributed by atoms with E-state index in [0.717, 1.165) is 12.1 Å². The van der Waals surface area contributed by atoms with Crippen molar-refractivity contribution < 1.29 is 0 Å². The summed E-state index contributed by atoms with van der Waals surface area (Å²) in [6.07, 6.45) is 5.57. The SMILES string of the molecule is CCCCCCNCC(=N)Cc1ccc(Cl)cc1Cl. The molecule has 0 fully saturated rings. The molecule has 2 N–H and O–H groups in total. The Morgan fingerprint density at radius 2 is 2.00 bits per heavy atom. The van der Waals surface area contributed by atoms with Crippen LogP contribution in [-0.4, -0.2) is 18.8 Å². The first-order chi connectivity index (χ1) is 9.13. The molecule has 0 amide bonds. The first-order valence-electron chi connectivity index (χ1n) is 6.84. The Morgan fingerprint density at radius 3 is 2.68 bits per heavy atom. The molecule has 0 aliphatic heterocycles. The average Bonchev–Trinajstić information content (AvgIpc) is 2.37. The minimum Gasteiger partial charge on any atom is -0.311 e. The highest BCUT2D eigenvalue weighted by atomic mass is 35.5. The maximum atomic E-state index is 7.94. The van der Waals surface area contributed by atoms with Gasteiger partial charge in [-0.2, -0.15) is 0 Å². The van der Waals surface area contributed by atoms with Gasteiger partial charge in [0.1, 0.15) is 0 Å². The third kappa shape index (κ3) is 6.95. The number of hydrogen-bond acceptors (Lipinski definition) is 2. The van der Waals surface area contributed by atoms with Gasteiger partial charge in [-0.25, -0.2) is 0 Å². The lowest BCUT2D eigenvalue weighted by molar-refractivity contribution is 0.623. The fourth-order valence-corrected chi connectivity index (χ4v) is 2.35. The van der Waals surface area contributed by atoms with Gasteiger partial charge in [-0.1, -0.05) is 55.5 Å². The monoisotopic (exact) mass is 300 g/mol. The van der Waals surface area contributed by atoms with Crippen LogP contribution in [0.5, 0.6) is 0 Å². The van der Waals surface area contributed by atoms with Crippen LogP contribution >= 0.6 is 23.2 Å². The first-order valence-corrected chi connectivity index (χ1v) is 7.60. The van der Waals surface area contributed by atoms with E-state index in [2.05, 4.69) is 12.2 Å². The lowest BCUT2D eigenvalue weighted by Gasteiger charge is -2.08. The Hall–Kier alpha value is -0.570. The average molecular weight is 301 g/mol. The van der Waals surface area contributed by atoms with E-state index in [-0.39, 0.29) is 0 Å². The zero-order chi connectivity index (χ0) is 14.1. The Balaban J connectivity index is 2.23. The van der Waals surface area contributed by atoms with Crippen LogP contribution in [0.15, 0.2) is 18.2 Å². The maximum Gasteiger partial charge on any atom is 0.0456 e. The lowest BCUT2D eigenvalue weighted by Crippen LogP contribution is -2.24. The molecule has 0 unspecified atom stereocenters. The molecule has 1 rings (SSSR count). The van der Waals surface area contributed by atoms with Gasteiger partial charge in [0.05, 0.1) is 0 Å². The van der Waals surface area contributed by atoms with Crippen LogP contribution in [0.25, 0.3) is 0 Å². The Morgan fingerprint density at radius 1 is 1.21 bits per heavy atom. The predicted octanol–water partition coefficient (Wildman–Crippen LogP) is 4.73. The largest absolute Gasteiger partial charge is 0.311 e. The van der Waals surface area contributed by atoms with Gasteiger partial charge in [0.2, 0.25) is 0 Å². The fraction of sp³-hybridized carbons (Fsp3) is 0.533. The summed E-state index contributed by atoms with van der Waals surface area (Å²) in [7, 11) is 0. The van der Waals surface area contributed by atoms with E-state index in [0.29, 0.717) is 28.7 Å². The summed E-state index contributed by atoms with van der Waals surface area (Å²) in [5, 5.41) is 12.5. The molecule has 4 heteroatoms. The summed E-state index contributed by atoms with van der Waals surface area (Å²) in [6, 6.07) is 5.43. The van der Waals surface area contributed by atoms with Crippen LogP contribution in [0.4, 0.5) is 0 Å². The van der Waals surface area contributed by atoms with Crippen molar-refractivity contribution in [1.29, 1.82) is 5.41 Å². The molecule has 0 atom stereocenters. The molecule has 0 spiro atoms. The highest BCUT2D eigenvalue weighted by Gasteiger charge is 2.04. The summed E-state index contributed by atoms with van der Waals surface area (Å²) < 4.78 is 0. The Bertz CT molecular complexity index is 405. The molecule has 19 heavy (non-hydrogen) atoms.